The van der Waals surface area contributed by atoms with Crippen molar-refractivity contribution in [3.8, 4) is 5.75 Å². The number of aromatic hydroxyl groups is 1. The first kappa shape index (κ1) is 22.0. The predicted octanol–water partition coefficient (Wildman–Crippen LogP) is 0.310. The van der Waals surface area contributed by atoms with Gasteiger partial charge in [0.25, 0.3) is 5.91 Å². The van der Waals surface area contributed by atoms with Gasteiger partial charge in [0, 0.05) is 17.7 Å². The third-order valence-electron chi connectivity index (χ3n) is 7.07. The van der Waals surface area contributed by atoms with Crippen LogP contribution in [-0.2, 0) is 14.4 Å². The second-order valence-corrected chi connectivity index (χ2v) is 8.80. The van der Waals surface area contributed by atoms with Crippen molar-refractivity contribution in [2.75, 3.05) is 14.1 Å². The molecular formula is C22H25N3O7. The zero-order valence-corrected chi connectivity index (χ0v) is 17.9. The Labute approximate surface area is 183 Å². The van der Waals surface area contributed by atoms with Gasteiger partial charge in [-0.15, -0.1) is 0 Å². The minimum Gasteiger partial charge on any atom is -0.508 e. The summed E-state index contributed by atoms with van der Waals surface area (Å²) in [6, 6.07) is -1.10. The molecule has 1 fully saturated rings. The topological polar surface area (TPSA) is 174 Å². The van der Waals surface area contributed by atoms with E-state index in [4.69, 9.17) is 5.73 Å². The fourth-order valence-corrected chi connectivity index (χ4v) is 5.72. The van der Waals surface area contributed by atoms with Crippen LogP contribution in [0.4, 0.5) is 0 Å². The molecule has 3 aliphatic rings. The normalized spacial score (nSPS) is 32.0. The summed E-state index contributed by atoms with van der Waals surface area (Å²) in [5.74, 6) is -7.04. The smallest absolute Gasteiger partial charge is 0.255 e. The lowest BCUT2D eigenvalue weighted by molar-refractivity contribution is -0.154. The number of nitrogens with two attached hydrogens (primary N) is 1. The van der Waals surface area contributed by atoms with Crippen LogP contribution in [0.15, 0.2) is 29.3 Å². The molecule has 10 heteroatoms. The largest absolute Gasteiger partial charge is 0.508 e. The number of nitrogens with zero attached hydrogens (tertiary/aromatic N) is 2. The molecule has 0 saturated heterocycles. The van der Waals surface area contributed by atoms with Crippen LogP contribution < -0.4 is 5.73 Å². The van der Waals surface area contributed by atoms with Crippen molar-refractivity contribution in [2.24, 2.45) is 17.6 Å². The number of pyridine rings is 1. The summed E-state index contributed by atoms with van der Waals surface area (Å²) in [6.07, 6.45) is 3.23. The summed E-state index contributed by atoms with van der Waals surface area (Å²) >= 11 is 0. The summed E-state index contributed by atoms with van der Waals surface area (Å²) in [5.41, 5.74) is 2.28. The quantitative estimate of drug-likeness (QED) is 0.412. The number of hydrogen-bond acceptors (Lipinski definition) is 9. The Morgan fingerprint density at radius 2 is 1.91 bits per heavy atom. The standard InChI is InChI=1S/C22H25N3O7/c1-4-8-9-5-11-16(25(2)3)18(28)15(21(23)31)20(30)22(11,32)19(29)14(9)17(27)13-10(8)6-24-7-12(13)26/h6-9,11,16,26-27,30,32H,4-5H2,1-3H3,(H2,23,31)/t8-,9-,11+,16+,22+/m1/s1. The maximum absolute atomic E-state index is 13.7. The number of carbonyl (C=O) groups is 3. The molecule has 6 N–H and O–H groups in total. The molecule has 3 aliphatic carbocycles. The molecule has 1 heterocycles. The average molecular weight is 443 g/mol. The van der Waals surface area contributed by atoms with Crippen molar-refractivity contribution in [3.63, 3.8) is 0 Å². The van der Waals surface area contributed by atoms with Gasteiger partial charge in [-0.3, -0.25) is 24.3 Å². The van der Waals surface area contributed by atoms with Crippen LogP contribution in [0.5, 0.6) is 5.75 Å². The number of likely N-dealkylation sites (N-methyl/N-ethyl adjacent to an activating group) is 1. The van der Waals surface area contributed by atoms with Crippen LogP contribution >= 0.6 is 0 Å². The van der Waals surface area contributed by atoms with E-state index >= 15 is 0 Å². The Morgan fingerprint density at radius 3 is 2.47 bits per heavy atom. The molecule has 32 heavy (non-hydrogen) atoms. The maximum atomic E-state index is 13.7. The van der Waals surface area contributed by atoms with E-state index in [9.17, 15) is 34.8 Å². The summed E-state index contributed by atoms with van der Waals surface area (Å²) in [5, 5.41) is 43.7. The molecule has 0 unspecified atom stereocenters. The Hall–Kier alpha value is -3.24. The number of ketones is 2. The SMILES string of the molecule is CC[C@H]1c2cncc(O)c2C(O)=C2C(=O)[C@]3(O)C(O)=C(C(N)=O)C(=O)[C@@H](N(C)C)[C@@H]3C[C@@H]21. The third kappa shape index (κ3) is 2.59. The van der Waals surface area contributed by atoms with Crippen LogP contribution in [0, 0.1) is 11.8 Å². The van der Waals surface area contributed by atoms with Gasteiger partial charge in [0.2, 0.25) is 5.78 Å². The highest BCUT2D eigenvalue weighted by Gasteiger charge is 2.65. The lowest BCUT2D eigenvalue weighted by atomic mass is 9.55. The zero-order chi connectivity index (χ0) is 23.7. The van der Waals surface area contributed by atoms with E-state index in [1.807, 2.05) is 6.92 Å². The highest BCUT2D eigenvalue weighted by Crippen LogP contribution is 2.56. The molecule has 5 atom stereocenters. The van der Waals surface area contributed by atoms with Crippen LogP contribution in [0.25, 0.3) is 5.76 Å². The number of aliphatic hydroxyl groups excluding tert-OH is 2. The van der Waals surface area contributed by atoms with E-state index in [2.05, 4.69) is 4.98 Å². The molecule has 1 aromatic rings. The summed E-state index contributed by atoms with van der Waals surface area (Å²) in [6.45, 7) is 1.88. The second kappa shape index (κ2) is 7.14. The van der Waals surface area contributed by atoms with Crippen molar-refractivity contribution in [1.82, 2.24) is 9.88 Å². The van der Waals surface area contributed by atoms with Crippen LogP contribution in [0.3, 0.4) is 0 Å². The van der Waals surface area contributed by atoms with E-state index in [-0.39, 0.29) is 29.2 Å². The molecular weight excluding hydrogens is 418 g/mol. The van der Waals surface area contributed by atoms with Crippen molar-refractivity contribution in [1.29, 1.82) is 0 Å². The van der Waals surface area contributed by atoms with Gasteiger partial charge in [-0.25, -0.2) is 0 Å². The molecule has 0 radical (unpaired) electrons. The van der Waals surface area contributed by atoms with E-state index in [0.29, 0.717) is 12.0 Å². The summed E-state index contributed by atoms with van der Waals surface area (Å²) in [7, 11) is 3.12. The first-order chi connectivity index (χ1) is 15.0. The zero-order valence-electron chi connectivity index (χ0n) is 17.9. The number of carbonyl (C=O) groups excluding carboxylic acids is 3. The molecule has 170 valence electrons. The van der Waals surface area contributed by atoms with Gasteiger partial charge in [0.1, 0.15) is 22.8 Å². The fraction of sp³-hybridized carbons (Fsp3) is 0.455. The molecule has 0 spiro atoms. The van der Waals surface area contributed by atoms with Gasteiger partial charge in [-0.05, 0) is 44.3 Å². The van der Waals surface area contributed by atoms with Gasteiger partial charge in [-0.2, -0.15) is 0 Å². The molecule has 1 amide bonds. The highest BCUT2D eigenvalue weighted by atomic mass is 16.3. The number of amides is 1. The minimum absolute atomic E-state index is 0.0446. The fourth-order valence-electron chi connectivity index (χ4n) is 5.72. The number of hydrogen-bond donors (Lipinski definition) is 5. The van der Waals surface area contributed by atoms with Crippen molar-refractivity contribution < 1.29 is 34.8 Å². The van der Waals surface area contributed by atoms with E-state index in [1.165, 1.54) is 11.1 Å². The Balaban J connectivity index is 2.02. The van der Waals surface area contributed by atoms with Crippen LogP contribution in [0.2, 0.25) is 0 Å². The van der Waals surface area contributed by atoms with Gasteiger partial charge in [0.15, 0.2) is 11.4 Å². The first-order valence-electron chi connectivity index (χ1n) is 10.3. The van der Waals surface area contributed by atoms with E-state index in [1.54, 1.807) is 14.1 Å². The molecule has 0 bridgehead atoms. The Morgan fingerprint density at radius 1 is 1.25 bits per heavy atom. The van der Waals surface area contributed by atoms with Crippen molar-refractivity contribution >= 4 is 23.2 Å². The Kier molecular flexibility index (Phi) is 4.90. The molecule has 0 aromatic carbocycles. The predicted molar refractivity (Wildman–Crippen MR) is 111 cm³/mol. The number of aliphatic hydroxyl groups is 3. The van der Waals surface area contributed by atoms with Gasteiger partial charge >= 0.3 is 0 Å². The summed E-state index contributed by atoms with van der Waals surface area (Å²) < 4.78 is 0. The number of primary amides is 1. The van der Waals surface area contributed by atoms with Crippen LogP contribution in [-0.4, -0.2) is 73.5 Å². The monoisotopic (exact) mass is 443 g/mol. The van der Waals surface area contributed by atoms with Crippen molar-refractivity contribution in [2.45, 2.75) is 37.3 Å². The van der Waals surface area contributed by atoms with Crippen LogP contribution in [0.1, 0.15) is 36.8 Å². The maximum Gasteiger partial charge on any atom is 0.255 e. The molecule has 10 nitrogen and oxygen atoms in total. The number of fused-ring (bicyclic) bond motifs is 3. The number of aromatic nitrogens is 1. The average Bonchev–Trinajstić information content (AvgIpc) is 2.70. The minimum atomic E-state index is -2.63. The van der Waals surface area contributed by atoms with E-state index < -0.39 is 58.0 Å². The number of Topliss-reactive ketones (excluding diaryl/α,β-unsaturated/α-hetero) is 2. The number of rotatable bonds is 3. The molecule has 1 saturated carbocycles. The summed E-state index contributed by atoms with van der Waals surface area (Å²) in [4.78, 5) is 44.2. The lowest BCUT2D eigenvalue weighted by Gasteiger charge is -2.51. The van der Waals surface area contributed by atoms with Gasteiger partial charge < -0.3 is 26.2 Å². The van der Waals surface area contributed by atoms with E-state index in [0.717, 1.165) is 6.20 Å². The third-order valence-corrected chi connectivity index (χ3v) is 7.07. The van der Waals surface area contributed by atoms with Gasteiger partial charge in [-0.1, -0.05) is 6.92 Å². The van der Waals surface area contributed by atoms with Gasteiger partial charge in [0.05, 0.1) is 17.8 Å². The van der Waals surface area contributed by atoms with Crippen molar-refractivity contribution in [3.05, 3.63) is 40.4 Å². The second-order valence-electron chi connectivity index (χ2n) is 8.80. The highest BCUT2D eigenvalue weighted by molar-refractivity contribution is 6.24. The first-order valence-corrected chi connectivity index (χ1v) is 10.3. The molecule has 4 rings (SSSR count). The lowest BCUT2D eigenvalue weighted by Crippen LogP contribution is -2.66. The Bertz CT molecular complexity index is 1120. The molecule has 1 aromatic heterocycles. The molecule has 0 aliphatic heterocycles.